The maximum atomic E-state index is 6.12. The second kappa shape index (κ2) is 4.61. The molecule has 1 heterocycles. The largest absolute Gasteiger partial charge is 0.456 e. The Morgan fingerprint density at radius 1 is 0.360 bits per heavy atom. The molecule has 0 saturated heterocycles. The maximum Gasteiger partial charge on any atom is 0.136 e. The number of rotatable bonds is 0. The normalized spacial score (nSPS) is 12.0. The van der Waals surface area contributed by atoms with E-state index in [2.05, 4.69) is 72.8 Å². The van der Waals surface area contributed by atoms with Crippen LogP contribution in [0, 0.1) is 0 Å². The summed E-state index contributed by atoms with van der Waals surface area (Å²) in [6.45, 7) is 0. The standard InChI is InChI=1S/C24H14O/c1-3-9-17-15(7-1)16-8-2-4-10-18(16)21-14-24-22(13-20(17)21)19-11-5-6-12-23(19)25-24/h1-14H. The molecular formula is C24H14O. The first-order chi connectivity index (χ1) is 12.4. The van der Waals surface area contributed by atoms with E-state index in [0.29, 0.717) is 0 Å². The lowest BCUT2D eigenvalue weighted by molar-refractivity contribution is 0.669. The first kappa shape index (κ1) is 13.0. The van der Waals surface area contributed by atoms with Crippen molar-refractivity contribution in [3.63, 3.8) is 0 Å². The summed E-state index contributed by atoms with van der Waals surface area (Å²) in [5, 5.41) is 10.1. The van der Waals surface area contributed by atoms with Crippen LogP contribution < -0.4 is 0 Å². The zero-order valence-electron chi connectivity index (χ0n) is 13.5. The van der Waals surface area contributed by atoms with Gasteiger partial charge < -0.3 is 4.42 Å². The van der Waals surface area contributed by atoms with Gasteiger partial charge in [0.25, 0.3) is 0 Å². The average molecular weight is 318 g/mol. The van der Waals surface area contributed by atoms with Crippen LogP contribution in [0.4, 0.5) is 0 Å². The Balaban J connectivity index is 1.96. The molecule has 0 N–H and O–H groups in total. The number of hydrogen-bond acceptors (Lipinski definition) is 1. The molecule has 0 aliphatic rings. The van der Waals surface area contributed by atoms with Crippen LogP contribution in [0.25, 0.3) is 54.3 Å². The van der Waals surface area contributed by atoms with Crippen LogP contribution >= 0.6 is 0 Å². The smallest absolute Gasteiger partial charge is 0.136 e. The Morgan fingerprint density at radius 3 is 1.48 bits per heavy atom. The van der Waals surface area contributed by atoms with E-state index >= 15 is 0 Å². The highest BCUT2D eigenvalue weighted by Gasteiger charge is 2.12. The lowest BCUT2D eigenvalue weighted by Gasteiger charge is -2.10. The topological polar surface area (TPSA) is 13.1 Å². The van der Waals surface area contributed by atoms with Gasteiger partial charge in [0, 0.05) is 10.8 Å². The van der Waals surface area contributed by atoms with Gasteiger partial charge in [-0.3, -0.25) is 0 Å². The fourth-order valence-corrected chi connectivity index (χ4v) is 4.12. The van der Waals surface area contributed by atoms with E-state index in [9.17, 15) is 0 Å². The third-order valence-electron chi connectivity index (χ3n) is 5.24. The minimum atomic E-state index is 0.946. The molecule has 1 aromatic heterocycles. The van der Waals surface area contributed by atoms with Crippen molar-refractivity contribution in [1.29, 1.82) is 0 Å². The molecule has 0 spiro atoms. The highest BCUT2D eigenvalue weighted by molar-refractivity contribution is 6.28. The van der Waals surface area contributed by atoms with Crippen molar-refractivity contribution in [1.82, 2.24) is 0 Å². The van der Waals surface area contributed by atoms with Gasteiger partial charge in [0.05, 0.1) is 0 Å². The van der Waals surface area contributed by atoms with Crippen LogP contribution in [0.5, 0.6) is 0 Å². The average Bonchev–Trinajstić information content (AvgIpc) is 3.04. The molecule has 25 heavy (non-hydrogen) atoms. The lowest BCUT2D eigenvalue weighted by atomic mass is 9.93. The van der Waals surface area contributed by atoms with Crippen LogP contribution in [0.1, 0.15) is 0 Å². The number of benzene rings is 5. The van der Waals surface area contributed by atoms with E-state index in [1.807, 2.05) is 12.1 Å². The third kappa shape index (κ3) is 1.67. The van der Waals surface area contributed by atoms with E-state index in [4.69, 9.17) is 4.42 Å². The molecule has 0 fully saturated rings. The van der Waals surface area contributed by atoms with Crippen LogP contribution in [-0.2, 0) is 0 Å². The van der Waals surface area contributed by atoms with Gasteiger partial charge in [-0.05, 0) is 50.5 Å². The summed E-state index contributed by atoms with van der Waals surface area (Å²) in [7, 11) is 0. The molecule has 0 bridgehead atoms. The predicted octanol–water partition coefficient (Wildman–Crippen LogP) is 7.05. The molecule has 0 unspecified atom stereocenters. The summed E-state index contributed by atoms with van der Waals surface area (Å²) < 4.78 is 6.12. The van der Waals surface area contributed by atoms with Gasteiger partial charge in [0.15, 0.2) is 0 Å². The van der Waals surface area contributed by atoms with Gasteiger partial charge in [0.1, 0.15) is 11.2 Å². The Kier molecular flexibility index (Phi) is 2.40. The molecule has 116 valence electrons. The zero-order valence-corrected chi connectivity index (χ0v) is 13.5. The number of hydrogen-bond donors (Lipinski definition) is 0. The SMILES string of the molecule is c1ccc2c(c1)oc1cc3c4ccccc4c4ccccc4c3cc12. The van der Waals surface area contributed by atoms with Gasteiger partial charge >= 0.3 is 0 Å². The molecule has 0 radical (unpaired) electrons. The summed E-state index contributed by atoms with van der Waals surface area (Å²) in [6.07, 6.45) is 0. The van der Waals surface area contributed by atoms with E-state index in [1.54, 1.807) is 0 Å². The van der Waals surface area contributed by atoms with Gasteiger partial charge in [-0.15, -0.1) is 0 Å². The Morgan fingerprint density at radius 2 is 0.840 bits per heavy atom. The summed E-state index contributed by atoms with van der Waals surface area (Å²) in [5.41, 5.74) is 1.90. The predicted molar refractivity (Wildman–Crippen MR) is 106 cm³/mol. The summed E-state index contributed by atoms with van der Waals surface area (Å²) in [6, 6.07) is 30.1. The van der Waals surface area contributed by atoms with E-state index in [1.165, 1.54) is 43.1 Å². The molecule has 0 atom stereocenters. The van der Waals surface area contributed by atoms with E-state index in [0.717, 1.165) is 11.2 Å². The molecule has 5 aromatic carbocycles. The van der Waals surface area contributed by atoms with Gasteiger partial charge in [0.2, 0.25) is 0 Å². The second-order valence-electron chi connectivity index (χ2n) is 6.58. The van der Waals surface area contributed by atoms with Gasteiger partial charge in [-0.25, -0.2) is 0 Å². The highest BCUT2D eigenvalue weighted by atomic mass is 16.3. The van der Waals surface area contributed by atoms with Crippen molar-refractivity contribution in [2.24, 2.45) is 0 Å². The Bertz CT molecular complexity index is 1440. The zero-order chi connectivity index (χ0) is 16.4. The molecule has 6 aromatic rings. The van der Waals surface area contributed by atoms with E-state index in [-0.39, 0.29) is 0 Å². The van der Waals surface area contributed by atoms with E-state index < -0.39 is 0 Å². The minimum Gasteiger partial charge on any atom is -0.456 e. The van der Waals surface area contributed by atoms with Crippen LogP contribution in [-0.4, -0.2) is 0 Å². The van der Waals surface area contributed by atoms with Crippen molar-refractivity contribution >= 4 is 54.3 Å². The Labute approximate surface area is 144 Å². The molecule has 0 aliphatic carbocycles. The van der Waals surface area contributed by atoms with Crippen LogP contribution in [0.2, 0.25) is 0 Å². The van der Waals surface area contributed by atoms with Gasteiger partial charge in [-0.1, -0.05) is 66.7 Å². The molecule has 0 saturated carbocycles. The van der Waals surface area contributed by atoms with Crippen molar-refractivity contribution < 1.29 is 4.42 Å². The van der Waals surface area contributed by atoms with Crippen LogP contribution in [0.3, 0.4) is 0 Å². The summed E-state index contributed by atoms with van der Waals surface area (Å²) in [4.78, 5) is 0. The first-order valence-corrected chi connectivity index (χ1v) is 8.54. The quantitative estimate of drug-likeness (QED) is 0.274. The first-order valence-electron chi connectivity index (χ1n) is 8.54. The molecule has 1 nitrogen and oxygen atoms in total. The lowest BCUT2D eigenvalue weighted by Crippen LogP contribution is -1.83. The third-order valence-corrected chi connectivity index (χ3v) is 5.24. The molecule has 0 amide bonds. The fraction of sp³-hybridized carbons (Fsp3) is 0. The fourth-order valence-electron chi connectivity index (χ4n) is 4.12. The molecule has 6 rings (SSSR count). The van der Waals surface area contributed by atoms with Crippen molar-refractivity contribution in [3.05, 3.63) is 84.9 Å². The second-order valence-corrected chi connectivity index (χ2v) is 6.58. The monoisotopic (exact) mass is 318 g/mol. The van der Waals surface area contributed by atoms with Crippen molar-refractivity contribution in [2.75, 3.05) is 0 Å². The number of para-hydroxylation sites is 1. The van der Waals surface area contributed by atoms with Crippen LogP contribution in [0.15, 0.2) is 89.3 Å². The van der Waals surface area contributed by atoms with Crippen molar-refractivity contribution in [2.45, 2.75) is 0 Å². The van der Waals surface area contributed by atoms with Crippen molar-refractivity contribution in [3.8, 4) is 0 Å². The number of furan rings is 1. The number of fused-ring (bicyclic) bond motifs is 9. The molecule has 0 aliphatic heterocycles. The summed E-state index contributed by atoms with van der Waals surface area (Å²) in [5.74, 6) is 0. The Hall–Kier alpha value is -3.32. The molecule has 1 heteroatoms. The highest BCUT2D eigenvalue weighted by Crippen LogP contribution is 2.39. The van der Waals surface area contributed by atoms with Gasteiger partial charge in [-0.2, -0.15) is 0 Å². The molecular weight excluding hydrogens is 304 g/mol. The maximum absolute atomic E-state index is 6.12. The summed E-state index contributed by atoms with van der Waals surface area (Å²) >= 11 is 0. The minimum absolute atomic E-state index is 0.946.